The Balaban J connectivity index is 1.49. The van der Waals surface area contributed by atoms with Gasteiger partial charge in [0.2, 0.25) is 0 Å². The van der Waals surface area contributed by atoms with E-state index in [2.05, 4.69) is 137 Å². The molecule has 2 N–H and O–H groups in total. The fourth-order valence-corrected chi connectivity index (χ4v) is 7.11. The van der Waals surface area contributed by atoms with Crippen molar-refractivity contribution in [3.8, 4) is 44.5 Å². The van der Waals surface area contributed by atoms with E-state index in [1.807, 2.05) is 36.4 Å². The molecular formula is C44H29ClN4. The van der Waals surface area contributed by atoms with E-state index in [0.29, 0.717) is 5.02 Å². The van der Waals surface area contributed by atoms with Crippen LogP contribution in [0.3, 0.4) is 0 Å². The predicted molar refractivity (Wildman–Crippen MR) is 206 cm³/mol. The van der Waals surface area contributed by atoms with Crippen molar-refractivity contribution in [2.75, 3.05) is 0 Å². The number of rotatable bonds is 4. The monoisotopic (exact) mass is 648 g/mol. The molecule has 0 fully saturated rings. The van der Waals surface area contributed by atoms with Crippen LogP contribution in [0, 0.1) is 0 Å². The number of halogens is 1. The molecule has 8 bridgehead atoms. The molecule has 0 radical (unpaired) electrons. The summed E-state index contributed by atoms with van der Waals surface area (Å²) >= 11 is 6.91. The normalized spacial score (nSPS) is 12.0. The van der Waals surface area contributed by atoms with Crippen LogP contribution in [0.4, 0.5) is 0 Å². The van der Waals surface area contributed by atoms with Gasteiger partial charge in [0.25, 0.3) is 0 Å². The van der Waals surface area contributed by atoms with Crippen LogP contribution in [-0.2, 0) is 0 Å². The third-order valence-corrected chi connectivity index (χ3v) is 9.41. The molecule has 0 unspecified atom stereocenters. The Bertz CT molecular complexity index is 2560. The SMILES string of the molecule is Clc1ccccc1-c1c2nc(c(-c3ccccc3)c3ccc([nH]3)c(-c3ccccc3)c3nc(c(-c4ccccc4)c4ccc1[nH]4)C=C3)C=C2. The highest BCUT2D eigenvalue weighted by atomic mass is 35.5. The van der Waals surface area contributed by atoms with Gasteiger partial charge in [-0.1, -0.05) is 121 Å². The number of benzene rings is 4. The predicted octanol–water partition coefficient (Wildman–Crippen LogP) is 12.0. The molecule has 5 heterocycles. The molecule has 9 rings (SSSR count). The van der Waals surface area contributed by atoms with E-state index in [-0.39, 0.29) is 0 Å². The molecule has 2 aliphatic rings. The number of aromatic nitrogens is 4. The maximum Gasteiger partial charge on any atom is 0.0737 e. The van der Waals surface area contributed by atoms with Crippen LogP contribution >= 0.6 is 11.6 Å². The van der Waals surface area contributed by atoms with Gasteiger partial charge in [0.1, 0.15) is 0 Å². The highest BCUT2D eigenvalue weighted by Gasteiger charge is 2.19. The largest absolute Gasteiger partial charge is 0.354 e. The smallest absolute Gasteiger partial charge is 0.0737 e. The lowest BCUT2D eigenvalue weighted by Gasteiger charge is -2.07. The zero-order valence-electron chi connectivity index (χ0n) is 26.4. The van der Waals surface area contributed by atoms with Gasteiger partial charge in [-0.05, 0) is 71.3 Å². The van der Waals surface area contributed by atoms with E-state index in [9.17, 15) is 0 Å². The van der Waals surface area contributed by atoms with Gasteiger partial charge in [0.15, 0.2) is 0 Å². The molecule has 0 saturated heterocycles. The summed E-state index contributed by atoms with van der Waals surface area (Å²) in [6.07, 6.45) is 8.43. The number of fused-ring (bicyclic) bond motifs is 8. The first-order valence-corrected chi connectivity index (χ1v) is 16.7. The molecule has 3 aromatic heterocycles. The minimum atomic E-state index is 0.660. The van der Waals surface area contributed by atoms with Crippen LogP contribution in [0.5, 0.6) is 0 Å². The number of hydrogen-bond acceptors (Lipinski definition) is 2. The molecule has 0 amide bonds. The Labute approximate surface area is 288 Å². The van der Waals surface area contributed by atoms with Gasteiger partial charge in [-0.3, -0.25) is 0 Å². The van der Waals surface area contributed by atoms with Gasteiger partial charge >= 0.3 is 0 Å². The Hall–Kier alpha value is -6.23. The lowest BCUT2D eigenvalue weighted by molar-refractivity contribution is 1.31. The number of nitrogens with zero attached hydrogens (tertiary/aromatic N) is 2. The van der Waals surface area contributed by atoms with Gasteiger partial charge in [0, 0.05) is 54.9 Å². The molecule has 232 valence electrons. The Kier molecular flexibility index (Phi) is 7.15. The number of nitrogens with one attached hydrogen (secondary N) is 2. The Morgan fingerprint density at radius 3 is 1.06 bits per heavy atom. The van der Waals surface area contributed by atoms with Crippen molar-refractivity contribution in [3.05, 3.63) is 167 Å². The Morgan fingerprint density at radius 2 is 0.673 bits per heavy atom. The minimum absolute atomic E-state index is 0.660. The summed E-state index contributed by atoms with van der Waals surface area (Å²) < 4.78 is 0. The molecular weight excluding hydrogens is 620 g/mol. The van der Waals surface area contributed by atoms with Gasteiger partial charge < -0.3 is 9.97 Å². The molecule has 0 spiro atoms. The highest BCUT2D eigenvalue weighted by Crippen LogP contribution is 2.39. The van der Waals surface area contributed by atoms with Crippen molar-refractivity contribution in [2.45, 2.75) is 0 Å². The van der Waals surface area contributed by atoms with E-state index in [1.54, 1.807) is 0 Å². The zero-order valence-corrected chi connectivity index (χ0v) is 27.1. The third-order valence-electron chi connectivity index (χ3n) is 9.08. The van der Waals surface area contributed by atoms with Crippen LogP contribution in [0.15, 0.2) is 140 Å². The second-order valence-electron chi connectivity index (χ2n) is 12.1. The highest BCUT2D eigenvalue weighted by molar-refractivity contribution is 6.33. The summed E-state index contributed by atoms with van der Waals surface area (Å²) in [6.45, 7) is 0. The van der Waals surface area contributed by atoms with Gasteiger partial charge in [-0.2, -0.15) is 0 Å². The molecule has 0 atom stereocenters. The van der Waals surface area contributed by atoms with E-state index >= 15 is 0 Å². The topological polar surface area (TPSA) is 57.4 Å². The summed E-state index contributed by atoms with van der Waals surface area (Å²) in [6, 6.07) is 47.8. The van der Waals surface area contributed by atoms with Gasteiger partial charge in [-0.15, -0.1) is 0 Å². The van der Waals surface area contributed by atoms with Crippen molar-refractivity contribution in [1.82, 2.24) is 19.9 Å². The maximum absolute atomic E-state index is 6.91. The molecule has 7 aromatic rings. The standard InChI is InChI=1S/C44H29ClN4/c45-32-19-11-10-18-31(32)44-39-26-24-37(48-39)42(29-14-6-2-7-15-29)35-22-20-33(46-35)41(28-12-4-1-5-13-28)34-21-23-36(47-34)43(30-16-8-3-9-17-30)38-25-27-40(44)49-38/h1-27,46,49H. The quantitative estimate of drug-likeness (QED) is 0.199. The Morgan fingerprint density at radius 1 is 0.347 bits per heavy atom. The summed E-state index contributed by atoms with van der Waals surface area (Å²) in [7, 11) is 0. The molecule has 4 aromatic carbocycles. The molecule has 5 heteroatoms. The molecule has 49 heavy (non-hydrogen) atoms. The van der Waals surface area contributed by atoms with Crippen LogP contribution in [0.2, 0.25) is 5.02 Å². The zero-order chi connectivity index (χ0) is 32.7. The van der Waals surface area contributed by atoms with Gasteiger partial charge in [0.05, 0.1) is 22.8 Å². The summed E-state index contributed by atoms with van der Waals surface area (Å²) in [5, 5.41) is 0.660. The van der Waals surface area contributed by atoms with Crippen molar-refractivity contribution >= 4 is 58.0 Å². The average molecular weight is 649 g/mol. The first kappa shape index (κ1) is 29.0. The van der Waals surface area contributed by atoms with Crippen molar-refractivity contribution in [2.24, 2.45) is 0 Å². The van der Waals surface area contributed by atoms with Crippen molar-refractivity contribution in [1.29, 1.82) is 0 Å². The third kappa shape index (κ3) is 5.20. The lowest BCUT2D eigenvalue weighted by Crippen LogP contribution is -1.90. The summed E-state index contributed by atoms with van der Waals surface area (Å²) in [4.78, 5) is 18.2. The van der Waals surface area contributed by atoms with E-state index in [0.717, 1.165) is 89.4 Å². The van der Waals surface area contributed by atoms with Crippen LogP contribution < -0.4 is 0 Å². The first-order valence-electron chi connectivity index (χ1n) is 16.3. The molecule has 0 saturated carbocycles. The van der Waals surface area contributed by atoms with Crippen molar-refractivity contribution in [3.63, 3.8) is 0 Å². The number of hydrogen-bond donors (Lipinski definition) is 2. The van der Waals surface area contributed by atoms with Gasteiger partial charge in [-0.25, -0.2) is 9.97 Å². The van der Waals surface area contributed by atoms with E-state index in [4.69, 9.17) is 21.6 Å². The van der Waals surface area contributed by atoms with Crippen LogP contribution in [0.1, 0.15) is 22.8 Å². The fraction of sp³-hybridized carbons (Fsp3) is 0. The molecule has 4 nitrogen and oxygen atoms in total. The van der Waals surface area contributed by atoms with Crippen LogP contribution in [0.25, 0.3) is 90.9 Å². The van der Waals surface area contributed by atoms with Crippen molar-refractivity contribution < 1.29 is 0 Å². The average Bonchev–Trinajstić information content (AvgIpc) is 3.98. The number of H-pyrrole nitrogens is 2. The lowest BCUT2D eigenvalue weighted by atomic mass is 10.0. The minimum Gasteiger partial charge on any atom is -0.354 e. The van der Waals surface area contributed by atoms with Crippen LogP contribution in [-0.4, -0.2) is 19.9 Å². The second-order valence-corrected chi connectivity index (χ2v) is 12.5. The molecule has 0 aliphatic carbocycles. The second kappa shape index (κ2) is 12.1. The number of aromatic amines is 2. The molecule has 2 aliphatic heterocycles. The summed E-state index contributed by atoms with van der Waals surface area (Å²) in [5.41, 5.74) is 15.4. The fourth-order valence-electron chi connectivity index (χ4n) is 6.88. The van der Waals surface area contributed by atoms with E-state index in [1.165, 1.54) is 0 Å². The van der Waals surface area contributed by atoms with E-state index < -0.39 is 0 Å². The maximum atomic E-state index is 6.91. The first-order chi connectivity index (χ1) is 24.2. The summed E-state index contributed by atoms with van der Waals surface area (Å²) in [5.74, 6) is 0.